The lowest BCUT2D eigenvalue weighted by molar-refractivity contribution is 0.572. The van der Waals surface area contributed by atoms with Crippen molar-refractivity contribution in [3.63, 3.8) is 0 Å². The zero-order valence-corrected chi connectivity index (χ0v) is 20.1. The Morgan fingerprint density at radius 1 is 0.500 bits per heavy atom. The zero-order chi connectivity index (χ0) is 24.3. The van der Waals surface area contributed by atoms with Crippen LogP contribution in [0, 0.1) is 0 Å². The predicted octanol–water partition coefficient (Wildman–Crippen LogP) is 5.96. The molecule has 0 radical (unpaired) electrons. The third-order valence-electron chi connectivity index (χ3n) is 9.13. The fraction of sp³-hybridized carbons (Fsp3) is 0. The van der Waals surface area contributed by atoms with Crippen LogP contribution in [-0.4, -0.2) is 18.6 Å². The average Bonchev–Trinajstić information content (AvgIpc) is 3.31. The van der Waals surface area contributed by atoms with Gasteiger partial charge in [0.1, 0.15) is 11.5 Å². The molecule has 0 fully saturated rings. The first-order valence-corrected chi connectivity index (χ1v) is 13.2. The van der Waals surface area contributed by atoms with Gasteiger partial charge in [-0.05, 0) is 46.0 Å². The lowest BCUT2D eigenvalue weighted by atomic mass is 9.57. The SMILES string of the molecule is c1cc2c3c(c1)N1B(Oc4cccc5cccc1c45)c1ccc4c5ccc6cccc7c6c5n(c4c1-3)B2O7. The van der Waals surface area contributed by atoms with E-state index in [0.717, 1.165) is 11.5 Å². The van der Waals surface area contributed by atoms with E-state index >= 15 is 0 Å². The maximum Gasteiger partial charge on any atom is 0.524 e. The Bertz CT molecular complexity index is 2280. The van der Waals surface area contributed by atoms with Crippen molar-refractivity contribution in [3.05, 3.63) is 97.1 Å². The molecule has 6 heteroatoms. The number of anilines is 2. The normalized spacial score (nSPS) is 15.1. The predicted molar refractivity (Wildman–Crippen MR) is 156 cm³/mol. The van der Waals surface area contributed by atoms with E-state index in [0.29, 0.717) is 0 Å². The molecule has 0 N–H and O–H groups in total. The van der Waals surface area contributed by atoms with Crippen LogP contribution in [0.15, 0.2) is 97.1 Å². The van der Waals surface area contributed by atoms with Gasteiger partial charge >= 0.3 is 14.1 Å². The summed E-state index contributed by atoms with van der Waals surface area (Å²) in [6.07, 6.45) is 0. The highest BCUT2D eigenvalue weighted by atomic mass is 16.5. The van der Waals surface area contributed by atoms with Crippen molar-refractivity contribution < 1.29 is 9.31 Å². The van der Waals surface area contributed by atoms with Crippen molar-refractivity contribution in [1.82, 2.24) is 4.48 Å². The van der Waals surface area contributed by atoms with E-state index in [1.54, 1.807) is 0 Å². The van der Waals surface area contributed by atoms with Crippen LogP contribution in [0.25, 0.3) is 54.5 Å². The number of nitrogens with zero attached hydrogens (tertiary/aromatic N) is 2. The van der Waals surface area contributed by atoms with Gasteiger partial charge in [0.25, 0.3) is 0 Å². The molecule has 1 aromatic heterocycles. The van der Waals surface area contributed by atoms with Gasteiger partial charge in [-0.15, -0.1) is 0 Å². The Kier molecular flexibility index (Phi) is 2.83. The summed E-state index contributed by atoms with van der Waals surface area (Å²) >= 11 is 0. The summed E-state index contributed by atoms with van der Waals surface area (Å²) in [5.74, 6) is 1.91. The van der Waals surface area contributed by atoms with Gasteiger partial charge in [0.2, 0.25) is 0 Å². The molecule has 0 amide bonds. The summed E-state index contributed by atoms with van der Waals surface area (Å²) in [6, 6.07) is 35.1. The standard InChI is InChI=1S/C32H16B2N2O2/c1-5-17-6-2-11-25-27(17)23(9-1)35-24-10-4-8-21-29(24)30-22(33(35)37-25)16-15-20-19-14-13-18-7-3-12-26-28(18)31(19)36(32(20)30)34(21)38-26/h1-16H. The Hall–Kier alpha value is -4.83. The molecule has 0 aliphatic carbocycles. The molecule has 0 unspecified atom stereocenters. The number of hydrogen-bond acceptors (Lipinski definition) is 3. The van der Waals surface area contributed by atoms with Crippen LogP contribution in [0.2, 0.25) is 0 Å². The van der Waals surface area contributed by atoms with Crippen LogP contribution < -0.4 is 25.0 Å². The van der Waals surface area contributed by atoms with Crippen molar-refractivity contribution in [2.45, 2.75) is 0 Å². The second kappa shape index (κ2) is 5.84. The molecule has 11 rings (SSSR count). The minimum absolute atomic E-state index is 0.210. The van der Waals surface area contributed by atoms with E-state index in [9.17, 15) is 0 Å². The molecule has 0 spiro atoms. The minimum atomic E-state index is -0.239. The minimum Gasteiger partial charge on any atom is -0.537 e. The first-order chi connectivity index (χ1) is 18.9. The van der Waals surface area contributed by atoms with Gasteiger partial charge in [0.05, 0.1) is 5.52 Å². The van der Waals surface area contributed by atoms with Crippen molar-refractivity contribution in [2.75, 3.05) is 4.81 Å². The Morgan fingerprint density at radius 2 is 1.16 bits per heavy atom. The van der Waals surface area contributed by atoms with Crippen molar-refractivity contribution >= 4 is 79.8 Å². The quantitative estimate of drug-likeness (QED) is 0.250. The second-order valence-electron chi connectivity index (χ2n) is 10.8. The third-order valence-corrected chi connectivity index (χ3v) is 9.13. The van der Waals surface area contributed by atoms with Crippen molar-refractivity contribution in [3.8, 4) is 22.6 Å². The van der Waals surface area contributed by atoms with Crippen LogP contribution in [0.3, 0.4) is 0 Å². The first-order valence-electron chi connectivity index (χ1n) is 13.2. The maximum atomic E-state index is 6.87. The summed E-state index contributed by atoms with van der Waals surface area (Å²) in [4.78, 5) is 2.40. The summed E-state index contributed by atoms with van der Waals surface area (Å²) in [7, 11) is -0.449. The third kappa shape index (κ3) is 1.81. The fourth-order valence-corrected chi connectivity index (χ4v) is 7.74. The van der Waals surface area contributed by atoms with E-state index in [1.165, 1.54) is 76.8 Å². The smallest absolute Gasteiger partial charge is 0.524 e. The van der Waals surface area contributed by atoms with E-state index in [-0.39, 0.29) is 14.1 Å². The van der Waals surface area contributed by atoms with Gasteiger partial charge in [-0.3, -0.25) is 0 Å². The van der Waals surface area contributed by atoms with Crippen LogP contribution >= 0.6 is 0 Å². The first kappa shape index (κ1) is 18.4. The zero-order valence-electron chi connectivity index (χ0n) is 20.1. The lowest BCUT2D eigenvalue weighted by Gasteiger charge is -2.43. The molecule has 7 aromatic rings. The van der Waals surface area contributed by atoms with Gasteiger partial charge in [-0.2, -0.15) is 0 Å². The molecule has 0 saturated heterocycles. The monoisotopic (exact) mass is 482 g/mol. The second-order valence-corrected chi connectivity index (χ2v) is 10.8. The highest BCUT2D eigenvalue weighted by molar-refractivity contribution is 6.80. The lowest BCUT2D eigenvalue weighted by Crippen LogP contribution is -2.58. The van der Waals surface area contributed by atoms with Crippen molar-refractivity contribution in [2.24, 2.45) is 0 Å². The molecular formula is C32H16B2N2O2. The van der Waals surface area contributed by atoms with Crippen LogP contribution in [-0.2, 0) is 0 Å². The molecule has 4 aliphatic heterocycles. The van der Waals surface area contributed by atoms with Crippen LogP contribution in [0.4, 0.5) is 11.4 Å². The number of rotatable bonds is 0. The maximum absolute atomic E-state index is 6.87. The van der Waals surface area contributed by atoms with Gasteiger partial charge in [-0.25, -0.2) is 0 Å². The Labute approximate surface area is 217 Å². The van der Waals surface area contributed by atoms with E-state index in [2.05, 4.69) is 106 Å². The Balaban J connectivity index is 1.35. The molecule has 4 nitrogen and oxygen atoms in total. The number of aromatic nitrogens is 1. The van der Waals surface area contributed by atoms with Crippen LogP contribution in [0.1, 0.15) is 0 Å². The number of benzene rings is 6. The van der Waals surface area contributed by atoms with E-state index in [1.807, 2.05) is 0 Å². The molecule has 6 aromatic carbocycles. The van der Waals surface area contributed by atoms with E-state index in [4.69, 9.17) is 9.31 Å². The van der Waals surface area contributed by atoms with E-state index < -0.39 is 0 Å². The summed E-state index contributed by atoms with van der Waals surface area (Å²) < 4.78 is 16.2. The van der Waals surface area contributed by atoms with Gasteiger partial charge < -0.3 is 18.6 Å². The highest BCUT2D eigenvalue weighted by Gasteiger charge is 2.49. The van der Waals surface area contributed by atoms with Gasteiger partial charge in [-0.1, -0.05) is 72.8 Å². The fourth-order valence-electron chi connectivity index (χ4n) is 7.74. The summed E-state index contributed by atoms with van der Waals surface area (Å²) in [5, 5.41) is 7.35. The summed E-state index contributed by atoms with van der Waals surface area (Å²) in [5.41, 5.74) is 9.86. The summed E-state index contributed by atoms with van der Waals surface area (Å²) in [6.45, 7) is 0. The largest absolute Gasteiger partial charge is 0.537 e. The molecule has 0 atom stereocenters. The van der Waals surface area contributed by atoms with Gasteiger partial charge in [0.15, 0.2) is 0 Å². The van der Waals surface area contributed by atoms with Crippen molar-refractivity contribution in [1.29, 1.82) is 0 Å². The molecule has 0 bridgehead atoms. The average molecular weight is 482 g/mol. The molecule has 0 saturated carbocycles. The van der Waals surface area contributed by atoms with Gasteiger partial charge in [0, 0.05) is 49.6 Å². The molecule has 5 heterocycles. The van der Waals surface area contributed by atoms with Crippen LogP contribution in [0.5, 0.6) is 11.5 Å². The molecule has 38 heavy (non-hydrogen) atoms. The topological polar surface area (TPSA) is 26.6 Å². The number of hydrogen-bond donors (Lipinski definition) is 0. The number of fused-ring (bicyclic) bond motifs is 6. The molecular weight excluding hydrogens is 466 g/mol. The molecule has 4 aliphatic rings. The molecule has 172 valence electrons. The Morgan fingerprint density at radius 3 is 2.05 bits per heavy atom. The highest BCUT2D eigenvalue weighted by Crippen LogP contribution is 2.52.